The Hall–Kier alpha value is -3.13. The predicted molar refractivity (Wildman–Crippen MR) is 109 cm³/mol. The number of nitrogens with one attached hydrogen (secondary N) is 2. The predicted octanol–water partition coefficient (Wildman–Crippen LogP) is 3.80. The van der Waals surface area contributed by atoms with Gasteiger partial charge in [0.1, 0.15) is 18.7 Å². The maximum Gasteiger partial charge on any atom is 0.226 e. The van der Waals surface area contributed by atoms with Crippen LogP contribution >= 0.6 is 11.3 Å². The summed E-state index contributed by atoms with van der Waals surface area (Å²) in [6, 6.07) is 11.8. The number of hydrogen-bond acceptors (Lipinski definition) is 7. The van der Waals surface area contributed by atoms with Gasteiger partial charge in [-0.25, -0.2) is 4.98 Å². The molecule has 4 rings (SSSR count). The van der Waals surface area contributed by atoms with Gasteiger partial charge in [-0.1, -0.05) is 18.2 Å². The molecule has 0 bridgehead atoms. The van der Waals surface area contributed by atoms with Gasteiger partial charge in [0.2, 0.25) is 5.95 Å². The third-order valence-electron chi connectivity index (χ3n) is 3.92. The van der Waals surface area contributed by atoms with E-state index in [4.69, 9.17) is 4.74 Å². The average molecular weight is 380 g/mol. The van der Waals surface area contributed by atoms with E-state index < -0.39 is 0 Å². The fourth-order valence-electron chi connectivity index (χ4n) is 2.70. The van der Waals surface area contributed by atoms with E-state index in [1.165, 1.54) is 0 Å². The minimum absolute atomic E-state index is 0.525. The zero-order valence-electron chi connectivity index (χ0n) is 14.9. The van der Waals surface area contributed by atoms with E-state index in [-0.39, 0.29) is 0 Å². The van der Waals surface area contributed by atoms with Crippen LogP contribution in [0.15, 0.2) is 53.5 Å². The van der Waals surface area contributed by atoms with Gasteiger partial charge in [0.05, 0.1) is 12.2 Å². The number of rotatable bonds is 8. The molecule has 8 heteroatoms. The Morgan fingerprint density at radius 2 is 2.00 bits per heavy atom. The lowest BCUT2D eigenvalue weighted by molar-refractivity contribution is 0.333. The minimum atomic E-state index is 0.525. The highest BCUT2D eigenvalue weighted by Gasteiger charge is 2.14. The van der Waals surface area contributed by atoms with E-state index in [0.717, 1.165) is 29.1 Å². The number of benzene rings is 1. The lowest BCUT2D eigenvalue weighted by atomic mass is 10.3. The van der Waals surface area contributed by atoms with Crippen LogP contribution in [0.3, 0.4) is 0 Å². The number of imidazole rings is 1. The molecule has 0 saturated heterocycles. The molecule has 0 fully saturated rings. The molecule has 27 heavy (non-hydrogen) atoms. The molecular weight excluding hydrogens is 360 g/mol. The molecule has 1 aromatic carbocycles. The van der Waals surface area contributed by atoms with Gasteiger partial charge in [0, 0.05) is 11.9 Å². The summed E-state index contributed by atoms with van der Waals surface area (Å²) >= 11 is 1.64. The molecule has 0 atom stereocenters. The van der Waals surface area contributed by atoms with Crippen molar-refractivity contribution >= 4 is 34.3 Å². The summed E-state index contributed by atoms with van der Waals surface area (Å²) in [7, 11) is 0. The van der Waals surface area contributed by atoms with Crippen LogP contribution in [-0.2, 0) is 0 Å². The summed E-state index contributed by atoms with van der Waals surface area (Å²) in [4.78, 5) is 13.7. The smallest absolute Gasteiger partial charge is 0.226 e. The summed E-state index contributed by atoms with van der Waals surface area (Å²) in [5, 5.41) is 10.6. The number of fused-ring (bicyclic) bond motifs is 1. The number of nitrogens with zero attached hydrogens (tertiary/aromatic N) is 4. The van der Waals surface area contributed by atoms with Gasteiger partial charge in [-0.15, -0.1) is 0 Å². The second-order valence-corrected chi connectivity index (χ2v) is 6.56. The molecule has 0 saturated carbocycles. The number of anilines is 2. The van der Waals surface area contributed by atoms with Crippen molar-refractivity contribution in [3.8, 4) is 11.4 Å². The van der Waals surface area contributed by atoms with E-state index in [1.54, 1.807) is 17.7 Å². The summed E-state index contributed by atoms with van der Waals surface area (Å²) in [6.45, 7) is 3.90. The Bertz CT molecular complexity index is 1000. The zero-order chi connectivity index (χ0) is 18.5. The molecule has 138 valence electrons. The molecule has 0 amide bonds. The number of thiophene rings is 1. The van der Waals surface area contributed by atoms with Gasteiger partial charge < -0.3 is 15.4 Å². The first-order valence-electron chi connectivity index (χ1n) is 8.78. The fraction of sp³-hybridized carbons (Fsp3) is 0.211. The van der Waals surface area contributed by atoms with Gasteiger partial charge in [-0.05, 0) is 30.5 Å². The third-order valence-corrected chi connectivity index (χ3v) is 4.59. The Labute approximate surface area is 161 Å². The number of hydrogen-bond donors (Lipinski definition) is 2. The lowest BCUT2D eigenvalue weighted by Crippen LogP contribution is -2.14. The summed E-state index contributed by atoms with van der Waals surface area (Å²) in [5.41, 5.74) is 2.55. The van der Waals surface area contributed by atoms with Gasteiger partial charge in [-0.3, -0.25) is 4.57 Å². The van der Waals surface area contributed by atoms with Gasteiger partial charge in [0.25, 0.3) is 0 Å². The van der Waals surface area contributed by atoms with E-state index in [0.29, 0.717) is 24.9 Å². The molecule has 3 heterocycles. The first kappa shape index (κ1) is 17.3. The average Bonchev–Trinajstić information content (AvgIpc) is 3.35. The molecular formula is C19H20N6OS. The van der Waals surface area contributed by atoms with E-state index in [2.05, 4.69) is 31.0 Å². The second kappa shape index (κ2) is 8.05. The van der Waals surface area contributed by atoms with Crippen LogP contribution in [0.1, 0.15) is 6.92 Å². The monoisotopic (exact) mass is 380 g/mol. The van der Waals surface area contributed by atoms with Crippen molar-refractivity contribution in [2.45, 2.75) is 6.92 Å². The third kappa shape index (κ3) is 3.85. The number of para-hydroxylation sites is 1. The van der Waals surface area contributed by atoms with Gasteiger partial charge >= 0.3 is 0 Å². The van der Waals surface area contributed by atoms with Crippen molar-refractivity contribution in [3.05, 3.63) is 53.5 Å². The molecule has 0 spiro atoms. The maximum absolute atomic E-state index is 5.74. The Morgan fingerprint density at radius 1 is 1.11 bits per heavy atom. The summed E-state index contributed by atoms with van der Waals surface area (Å²) in [6.07, 6.45) is 1.78. The normalized spacial score (nSPS) is 10.9. The highest BCUT2D eigenvalue weighted by atomic mass is 32.1. The van der Waals surface area contributed by atoms with Crippen LogP contribution in [0.4, 0.5) is 11.8 Å². The van der Waals surface area contributed by atoms with Crippen molar-refractivity contribution < 1.29 is 4.74 Å². The molecule has 2 N–H and O–H groups in total. The molecule has 0 unspecified atom stereocenters. The lowest BCUT2D eigenvalue weighted by Gasteiger charge is -2.10. The highest BCUT2D eigenvalue weighted by Crippen LogP contribution is 2.24. The number of aromatic nitrogens is 4. The standard InChI is InChI=1S/C19H20N6OS/c1-2-20-19-23-17(21-9-10-26-15-6-4-3-5-7-15)16-18(24-19)25(13-22-16)14-8-11-27-12-14/h3-8,11-13H,2,9-10H2,1H3,(H2,20,21,23,24). The summed E-state index contributed by atoms with van der Waals surface area (Å²) < 4.78 is 7.71. The van der Waals surface area contributed by atoms with Crippen LogP contribution in [0, 0.1) is 0 Å². The number of ether oxygens (including phenoxy) is 1. The largest absolute Gasteiger partial charge is 0.492 e. The molecule has 0 radical (unpaired) electrons. The van der Waals surface area contributed by atoms with Crippen LogP contribution in [0.25, 0.3) is 16.9 Å². The van der Waals surface area contributed by atoms with Gasteiger partial charge in [0.15, 0.2) is 17.0 Å². The second-order valence-electron chi connectivity index (χ2n) is 5.78. The molecule has 3 aromatic heterocycles. The van der Waals surface area contributed by atoms with Crippen molar-refractivity contribution in [2.24, 2.45) is 0 Å². The first-order valence-corrected chi connectivity index (χ1v) is 9.72. The molecule has 4 aromatic rings. The van der Waals surface area contributed by atoms with E-state index >= 15 is 0 Å². The molecule has 0 aliphatic carbocycles. The Morgan fingerprint density at radius 3 is 2.78 bits per heavy atom. The Kier molecular flexibility index (Phi) is 5.15. The Balaban J connectivity index is 1.55. The van der Waals surface area contributed by atoms with E-state index in [9.17, 15) is 0 Å². The van der Waals surface area contributed by atoms with Crippen molar-refractivity contribution in [2.75, 3.05) is 30.3 Å². The highest BCUT2D eigenvalue weighted by molar-refractivity contribution is 7.08. The molecule has 7 nitrogen and oxygen atoms in total. The first-order chi connectivity index (χ1) is 13.3. The quantitative estimate of drug-likeness (QED) is 0.453. The zero-order valence-corrected chi connectivity index (χ0v) is 15.7. The van der Waals surface area contributed by atoms with E-state index in [1.807, 2.05) is 53.3 Å². The van der Waals surface area contributed by atoms with Crippen molar-refractivity contribution in [1.82, 2.24) is 19.5 Å². The molecule has 0 aliphatic heterocycles. The van der Waals surface area contributed by atoms with Crippen LogP contribution in [0.2, 0.25) is 0 Å². The fourth-order valence-corrected chi connectivity index (χ4v) is 3.33. The van der Waals surface area contributed by atoms with Crippen LogP contribution < -0.4 is 15.4 Å². The van der Waals surface area contributed by atoms with Crippen molar-refractivity contribution in [3.63, 3.8) is 0 Å². The molecule has 0 aliphatic rings. The van der Waals surface area contributed by atoms with Crippen LogP contribution in [0.5, 0.6) is 5.75 Å². The SMILES string of the molecule is CCNc1nc(NCCOc2ccccc2)c2ncn(-c3ccsc3)c2n1. The summed E-state index contributed by atoms with van der Waals surface area (Å²) in [5.74, 6) is 2.12. The van der Waals surface area contributed by atoms with Crippen LogP contribution in [-0.4, -0.2) is 39.2 Å². The minimum Gasteiger partial charge on any atom is -0.492 e. The van der Waals surface area contributed by atoms with Crippen molar-refractivity contribution in [1.29, 1.82) is 0 Å². The van der Waals surface area contributed by atoms with Gasteiger partial charge in [-0.2, -0.15) is 21.3 Å². The topological polar surface area (TPSA) is 76.9 Å². The maximum atomic E-state index is 5.74.